The van der Waals surface area contributed by atoms with Crippen molar-refractivity contribution in [2.45, 2.75) is 62.6 Å². The minimum Gasteiger partial charge on any atom is -0.311 e. The zero-order chi connectivity index (χ0) is 16.1. The maximum absolute atomic E-state index is 13.4. The zero-order valence-corrected chi connectivity index (χ0v) is 15.3. The number of halogens is 2. The Morgan fingerprint density at radius 2 is 1.61 bits per heavy atom. The molecule has 1 N–H and O–H groups in total. The van der Waals surface area contributed by atoms with E-state index in [1.54, 1.807) is 20.9 Å². The number of hydrogen-bond donors (Lipinski definition) is 1. The fourth-order valence-corrected chi connectivity index (χ4v) is 5.75. The lowest BCUT2D eigenvalue weighted by molar-refractivity contribution is 0.251. The number of rotatable bonds is 3. The summed E-state index contributed by atoms with van der Waals surface area (Å²) in [7, 11) is -1.94. The highest BCUT2D eigenvalue weighted by molar-refractivity contribution is 7.89. The van der Waals surface area contributed by atoms with Gasteiger partial charge in [-0.15, -0.1) is 12.4 Å². The quantitative estimate of drug-likeness (QED) is 0.899. The molecule has 23 heavy (non-hydrogen) atoms. The second-order valence-corrected chi connectivity index (χ2v) is 8.59. The predicted octanol–water partition coefficient (Wildman–Crippen LogP) is 2.77. The van der Waals surface area contributed by atoms with Crippen LogP contribution in [-0.2, 0) is 10.0 Å². The number of sulfonamides is 1. The van der Waals surface area contributed by atoms with Crippen LogP contribution in [0, 0.1) is 19.7 Å². The van der Waals surface area contributed by atoms with Crippen molar-refractivity contribution >= 4 is 22.4 Å². The van der Waals surface area contributed by atoms with Crippen molar-refractivity contribution in [3.05, 3.63) is 29.1 Å². The van der Waals surface area contributed by atoms with Gasteiger partial charge in [-0.1, -0.05) is 0 Å². The molecule has 2 atom stereocenters. The number of benzene rings is 1. The molecule has 0 radical (unpaired) electrons. The Balaban J connectivity index is 0.00000192. The molecule has 0 aromatic heterocycles. The van der Waals surface area contributed by atoms with Crippen LogP contribution in [0.15, 0.2) is 17.0 Å². The van der Waals surface area contributed by atoms with E-state index in [1.807, 2.05) is 0 Å². The van der Waals surface area contributed by atoms with Crippen molar-refractivity contribution in [2.24, 2.45) is 0 Å². The normalized spacial score (nSPS) is 27.1. The Morgan fingerprint density at radius 3 is 2.09 bits per heavy atom. The summed E-state index contributed by atoms with van der Waals surface area (Å²) in [6.07, 6.45) is 3.96. The monoisotopic (exact) mass is 362 g/mol. The number of fused-ring (bicyclic) bond motifs is 2. The summed E-state index contributed by atoms with van der Waals surface area (Å²) >= 11 is 0. The lowest BCUT2D eigenvalue weighted by Crippen LogP contribution is -2.48. The van der Waals surface area contributed by atoms with Crippen LogP contribution in [-0.4, -0.2) is 37.9 Å². The minimum atomic E-state index is -3.60. The van der Waals surface area contributed by atoms with Crippen LogP contribution in [0.4, 0.5) is 4.39 Å². The second-order valence-electron chi connectivity index (χ2n) is 6.65. The molecular formula is C16H24ClFN2O2S. The van der Waals surface area contributed by atoms with E-state index in [4.69, 9.17) is 0 Å². The molecule has 2 unspecified atom stereocenters. The van der Waals surface area contributed by atoms with E-state index in [1.165, 1.54) is 16.4 Å². The summed E-state index contributed by atoms with van der Waals surface area (Å²) in [6.45, 7) is 3.31. The molecule has 0 aliphatic carbocycles. The van der Waals surface area contributed by atoms with Crippen molar-refractivity contribution in [3.63, 3.8) is 0 Å². The van der Waals surface area contributed by atoms with E-state index in [2.05, 4.69) is 5.32 Å². The average Bonchev–Trinajstić information content (AvgIpc) is 2.75. The van der Waals surface area contributed by atoms with Gasteiger partial charge in [0.1, 0.15) is 5.82 Å². The van der Waals surface area contributed by atoms with Gasteiger partial charge in [0.05, 0.1) is 4.90 Å². The number of piperidine rings is 1. The van der Waals surface area contributed by atoms with Crippen LogP contribution in [0.5, 0.6) is 0 Å². The van der Waals surface area contributed by atoms with Crippen molar-refractivity contribution in [2.75, 3.05) is 7.05 Å². The Labute approximate surface area is 143 Å². The molecule has 2 aliphatic rings. The third-order valence-electron chi connectivity index (χ3n) is 5.02. The van der Waals surface area contributed by atoms with Gasteiger partial charge in [-0.05, 0) is 62.8 Å². The molecule has 0 saturated carbocycles. The van der Waals surface area contributed by atoms with Gasteiger partial charge >= 0.3 is 0 Å². The largest absolute Gasteiger partial charge is 0.311 e. The molecule has 1 aromatic carbocycles. The predicted molar refractivity (Wildman–Crippen MR) is 91.0 cm³/mol. The van der Waals surface area contributed by atoms with Gasteiger partial charge < -0.3 is 5.32 Å². The van der Waals surface area contributed by atoms with E-state index < -0.39 is 15.8 Å². The molecule has 1 aromatic rings. The molecule has 3 rings (SSSR count). The molecule has 2 heterocycles. The van der Waals surface area contributed by atoms with Crippen LogP contribution in [0.1, 0.15) is 36.8 Å². The topological polar surface area (TPSA) is 49.4 Å². The molecular weight excluding hydrogens is 339 g/mol. The van der Waals surface area contributed by atoms with E-state index in [9.17, 15) is 12.8 Å². The van der Waals surface area contributed by atoms with Gasteiger partial charge in [-0.3, -0.25) is 0 Å². The Bertz CT molecular complexity index is 660. The SMILES string of the molecule is Cc1cc(F)cc(C)c1S(=O)(=O)N(C)C1CC2CCC(C1)N2.Cl. The molecule has 0 amide bonds. The number of hydrogen-bond acceptors (Lipinski definition) is 3. The van der Waals surface area contributed by atoms with Crippen molar-refractivity contribution in [1.82, 2.24) is 9.62 Å². The molecule has 2 aliphatic heterocycles. The molecule has 0 spiro atoms. The van der Waals surface area contributed by atoms with Crippen LogP contribution < -0.4 is 5.32 Å². The van der Waals surface area contributed by atoms with Crippen molar-refractivity contribution in [1.29, 1.82) is 0 Å². The van der Waals surface area contributed by atoms with Gasteiger partial charge in [0.2, 0.25) is 10.0 Å². The lowest BCUT2D eigenvalue weighted by atomic mass is 10.0. The molecule has 2 saturated heterocycles. The van der Waals surface area contributed by atoms with Gasteiger partial charge in [0, 0.05) is 25.2 Å². The van der Waals surface area contributed by atoms with Crippen LogP contribution in [0.25, 0.3) is 0 Å². The van der Waals surface area contributed by atoms with Crippen molar-refractivity contribution in [3.8, 4) is 0 Å². The molecule has 7 heteroatoms. The molecule has 130 valence electrons. The van der Waals surface area contributed by atoms with Gasteiger partial charge in [-0.25, -0.2) is 12.8 Å². The zero-order valence-electron chi connectivity index (χ0n) is 13.7. The highest BCUT2D eigenvalue weighted by Crippen LogP contribution is 2.33. The first-order valence-electron chi connectivity index (χ1n) is 7.80. The maximum atomic E-state index is 13.4. The summed E-state index contributed by atoms with van der Waals surface area (Å²) in [6, 6.07) is 3.46. The standard InChI is InChI=1S/C16H23FN2O2S.ClH/c1-10-6-12(17)7-11(2)16(10)22(20,21)19(3)15-8-13-4-5-14(9-15)18-13;/h6-7,13-15,18H,4-5,8-9H2,1-3H3;1H. The summed E-state index contributed by atoms with van der Waals surface area (Å²) in [5, 5.41) is 3.53. The first-order valence-corrected chi connectivity index (χ1v) is 9.24. The van der Waals surface area contributed by atoms with Crippen LogP contribution in [0.3, 0.4) is 0 Å². The van der Waals surface area contributed by atoms with Gasteiger partial charge in [-0.2, -0.15) is 4.31 Å². The van der Waals surface area contributed by atoms with E-state index in [0.29, 0.717) is 23.2 Å². The third-order valence-corrected chi connectivity index (χ3v) is 7.24. The summed E-state index contributed by atoms with van der Waals surface area (Å²) in [4.78, 5) is 0.252. The second kappa shape index (κ2) is 6.67. The van der Waals surface area contributed by atoms with E-state index in [-0.39, 0.29) is 23.3 Å². The van der Waals surface area contributed by atoms with Crippen LogP contribution >= 0.6 is 12.4 Å². The van der Waals surface area contributed by atoms with Crippen LogP contribution in [0.2, 0.25) is 0 Å². The molecule has 4 nitrogen and oxygen atoms in total. The number of nitrogens with zero attached hydrogens (tertiary/aromatic N) is 1. The van der Waals surface area contributed by atoms with Gasteiger partial charge in [0.15, 0.2) is 0 Å². The lowest BCUT2D eigenvalue weighted by Gasteiger charge is -2.35. The highest BCUT2D eigenvalue weighted by Gasteiger charge is 2.39. The summed E-state index contributed by atoms with van der Waals surface area (Å²) < 4.78 is 41.0. The Hall–Kier alpha value is -0.690. The number of nitrogens with one attached hydrogen (secondary N) is 1. The Morgan fingerprint density at radius 1 is 1.13 bits per heavy atom. The van der Waals surface area contributed by atoms with E-state index >= 15 is 0 Å². The molecule has 2 fully saturated rings. The first-order chi connectivity index (χ1) is 10.3. The molecule has 2 bridgehead atoms. The van der Waals surface area contributed by atoms with Crippen molar-refractivity contribution < 1.29 is 12.8 Å². The smallest absolute Gasteiger partial charge is 0.243 e. The van der Waals surface area contributed by atoms with Gasteiger partial charge in [0.25, 0.3) is 0 Å². The maximum Gasteiger partial charge on any atom is 0.243 e. The summed E-state index contributed by atoms with van der Waals surface area (Å²) in [5.74, 6) is -0.392. The van der Waals surface area contributed by atoms with E-state index in [0.717, 1.165) is 25.7 Å². The fourth-order valence-electron chi connectivity index (χ4n) is 3.97. The highest BCUT2D eigenvalue weighted by atomic mass is 35.5. The fraction of sp³-hybridized carbons (Fsp3) is 0.625. The Kier molecular flexibility index (Phi) is 5.41. The first kappa shape index (κ1) is 18.6. The average molecular weight is 363 g/mol. The third kappa shape index (κ3) is 3.40. The summed E-state index contributed by atoms with van der Waals surface area (Å²) in [5.41, 5.74) is 0.947. The minimum absolute atomic E-state index is 0. The number of aryl methyl sites for hydroxylation is 2.